The van der Waals surface area contributed by atoms with E-state index in [1.165, 1.54) is 0 Å². The van der Waals surface area contributed by atoms with Crippen molar-refractivity contribution in [2.45, 2.75) is 26.8 Å². The SMILES string of the molecule is CCNC(=NCc1ccc(N2CCN(CC)CC2)c(F)c1)NCCCOC.I. The first-order valence-electron chi connectivity index (χ1n) is 9.94. The minimum absolute atomic E-state index is 0. The zero-order valence-corrected chi connectivity index (χ0v) is 19.7. The molecule has 0 unspecified atom stereocenters. The van der Waals surface area contributed by atoms with Crippen LogP contribution in [-0.4, -0.2) is 70.4 Å². The maximum atomic E-state index is 14.6. The molecule has 0 amide bonds. The third-order valence-electron chi connectivity index (χ3n) is 4.75. The van der Waals surface area contributed by atoms with Gasteiger partial charge in [-0.2, -0.15) is 0 Å². The van der Waals surface area contributed by atoms with Gasteiger partial charge in [-0.15, -0.1) is 24.0 Å². The Morgan fingerprint density at radius 1 is 1.18 bits per heavy atom. The fourth-order valence-electron chi connectivity index (χ4n) is 3.15. The van der Waals surface area contributed by atoms with Crippen LogP contribution >= 0.6 is 24.0 Å². The van der Waals surface area contributed by atoms with Gasteiger partial charge in [-0.3, -0.25) is 0 Å². The summed E-state index contributed by atoms with van der Waals surface area (Å²) in [5.74, 6) is 0.583. The lowest BCUT2D eigenvalue weighted by atomic mass is 10.1. The van der Waals surface area contributed by atoms with Crippen LogP contribution in [0.2, 0.25) is 0 Å². The third-order valence-corrected chi connectivity index (χ3v) is 4.75. The number of hydrogen-bond donors (Lipinski definition) is 2. The predicted octanol–water partition coefficient (Wildman–Crippen LogP) is 2.68. The van der Waals surface area contributed by atoms with Gasteiger partial charge in [-0.25, -0.2) is 9.38 Å². The van der Waals surface area contributed by atoms with E-state index in [0.717, 1.165) is 63.8 Å². The summed E-state index contributed by atoms with van der Waals surface area (Å²) in [6.07, 6.45) is 0.912. The molecule has 1 saturated heterocycles. The molecule has 1 aliphatic rings. The Balaban J connectivity index is 0.00000392. The Morgan fingerprint density at radius 3 is 2.54 bits per heavy atom. The summed E-state index contributed by atoms with van der Waals surface area (Å²) >= 11 is 0. The average molecular weight is 507 g/mol. The standard InChI is InChI=1S/C20H34FN5O.HI/c1-4-22-20(23-9-6-14-27-3)24-16-17-7-8-19(18(21)15-17)26-12-10-25(5-2)11-13-26;/h7-8,15H,4-6,9-14,16H2,1-3H3,(H2,22,23,24);1H. The maximum Gasteiger partial charge on any atom is 0.191 e. The monoisotopic (exact) mass is 507 g/mol. The van der Waals surface area contributed by atoms with E-state index in [9.17, 15) is 4.39 Å². The summed E-state index contributed by atoms with van der Waals surface area (Å²) < 4.78 is 19.7. The highest BCUT2D eigenvalue weighted by Gasteiger charge is 2.18. The van der Waals surface area contributed by atoms with Gasteiger partial charge < -0.3 is 25.2 Å². The lowest BCUT2D eigenvalue weighted by molar-refractivity contribution is 0.195. The molecule has 1 aromatic rings. The van der Waals surface area contributed by atoms with Crippen LogP contribution in [0.1, 0.15) is 25.8 Å². The summed E-state index contributed by atoms with van der Waals surface area (Å²) in [5.41, 5.74) is 1.57. The van der Waals surface area contributed by atoms with E-state index in [2.05, 4.69) is 32.3 Å². The van der Waals surface area contributed by atoms with Gasteiger partial charge >= 0.3 is 0 Å². The molecule has 0 saturated carbocycles. The molecule has 2 rings (SSSR count). The number of hydrogen-bond acceptors (Lipinski definition) is 4. The molecule has 1 aliphatic heterocycles. The van der Waals surface area contributed by atoms with Gasteiger partial charge in [0.25, 0.3) is 0 Å². The molecule has 8 heteroatoms. The average Bonchev–Trinajstić information content (AvgIpc) is 2.69. The number of aliphatic imine (C=N–C) groups is 1. The number of guanidine groups is 1. The molecule has 0 spiro atoms. The second-order valence-electron chi connectivity index (χ2n) is 6.68. The summed E-state index contributed by atoms with van der Waals surface area (Å²) in [6.45, 7) is 11.7. The molecule has 0 radical (unpaired) electrons. The van der Waals surface area contributed by atoms with Crippen molar-refractivity contribution in [3.63, 3.8) is 0 Å². The Morgan fingerprint density at radius 2 is 1.93 bits per heavy atom. The molecule has 1 aromatic carbocycles. The number of anilines is 1. The number of piperazine rings is 1. The van der Waals surface area contributed by atoms with Crippen molar-refractivity contribution in [2.75, 3.05) is 64.4 Å². The van der Waals surface area contributed by atoms with Crippen LogP contribution < -0.4 is 15.5 Å². The van der Waals surface area contributed by atoms with Gasteiger partial charge in [-0.05, 0) is 37.6 Å². The summed E-state index contributed by atoms with van der Waals surface area (Å²) in [6, 6.07) is 5.48. The van der Waals surface area contributed by atoms with E-state index < -0.39 is 0 Å². The Hall–Kier alpha value is -1.13. The van der Waals surface area contributed by atoms with E-state index in [-0.39, 0.29) is 29.8 Å². The van der Waals surface area contributed by atoms with Crippen molar-refractivity contribution < 1.29 is 9.13 Å². The molecule has 1 heterocycles. The Labute approximate surface area is 185 Å². The Kier molecular flexibility index (Phi) is 12.4. The van der Waals surface area contributed by atoms with E-state index in [1.807, 2.05) is 19.1 Å². The molecule has 0 aliphatic carbocycles. The van der Waals surface area contributed by atoms with Crippen molar-refractivity contribution in [1.82, 2.24) is 15.5 Å². The van der Waals surface area contributed by atoms with Crippen molar-refractivity contribution in [1.29, 1.82) is 0 Å². The third kappa shape index (κ3) is 8.08. The fourth-order valence-corrected chi connectivity index (χ4v) is 3.15. The number of nitrogens with zero attached hydrogens (tertiary/aromatic N) is 3. The first-order chi connectivity index (χ1) is 13.2. The number of nitrogens with one attached hydrogen (secondary N) is 2. The zero-order chi connectivity index (χ0) is 19.5. The normalized spacial score (nSPS) is 15.3. The smallest absolute Gasteiger partial charge is 0.191 e. The number of likely N-dealkylation sites (N-methyl/N-ethyl adjacent to an activating group) is 1. The number of ether oxygens (including phenoxy) is 1. The molecule has 2 N–H and O–H groups in total. The second-order valence-corrected chi connectivity index (χ2v) is 6.68. The zero-order valence-electron chi connectivity index (χ0n) is 17.3. The number of methoxy groups -OCH3 is 1. The molecule has 0 atom stereocenters. The molecule has 0 bridgehead atoms. The van der Waals surface area contributed by atoms with Crippen molar-refractivity contribution in [3.8, 4) is 0 Å². The van der Waals surface area contributed by atoms with Gasteiger partial charge in [-0.1, -0.05) is 13.0 Å². The molecule has 6 nitrogen and oxygen atoms in total. The van der Waals surface area contributed by atoms with Gasteiger partial charge in [0.15, 0.2) is 5.96 Å². The van der Waals surface area contributed by atoms with Crippen molar-refractivity contribution >= 4 is 35.6 Å². The highest BCUT2D eigenvalue weighted by Crippen LogP contribution is 2.22. The van der Waals surface area contributed by atoms with Gasteiger partial charge in [0.2, 0.25) is 0 Å². The number of halogens is 2. The number of rotatable bonds is 9. The van der Waals surface area contributed by atoms with Crippen LogP contribution in [0.4, 0.5) is 10.1 Å². The van der Waals surface area contributed by atoms with Crippen LogP contribution in [0, 0.1) is 5.82 Å². The largest absolute Gasteiger partial charge is 0.385 e. The number of benzene rings is 1. The van der Waals surface area contributed by atoms with Crippen LogP contribution in [0.15, 0.2) is 23.2 Å². The second kappa shape index (κ2) is 13.9. The van der Waals surface area contributed by atoms with Gasteiger partial charge in [0.05, 0.1) is 12.2 Å². The molecular weight excluding hydrogens is 472 g/mol. The molecule has 0 aromatic heterocycles. The molecule has 160 valence electrons. The van der Waals surface area contributed by atoms with E-state index in [0.29, 0.717) is 18.8 Å². The quantitative estimate of drug-likeness (QED) is 0.233. The van der Waals surface area contributed by atoms with E-state index in [1.54, 1.807) is 13.2 Å². The van der Waals surface area contributed by atoms with Crippen LogP contribution in [0.5, 0.6) is 0 Å². The van der Waals surface area contributed by atoms with Crippen molar-refractivity contribution in [3.05, 3.63) is 29.6 Å². The van der Waals surface area contributed by atoms with E-state index in [4.69, 9.17) is 4.74 Å². The highest BCUT2D eigenvalue weighted by atomic mass is 127. The van der Waals surface area contributed by atoms with Crippen LogP contribution in [0.25, 0.3) is 0 Å². The first kappa shape index (κ1) is 24.9. The fraction of sp³-hybridized carbons (Fsp3) is 0.650. The Bertz CT molecular complexity index is 594. The summed E-state index contributed by atoms with van der Waals surface area (Å²) in [7, 11) is 1.70. The molecule has 1 fully saturated rings. The minimum atomic E-state index is -0.161. The van der Waals surface area contributed by atoms with Crippen LogP contribution in [0.3, 0.4) is 0 Å². The minimum Gasteiger partial charge on any atom is -0.385 e. The lowest BCUT2D eigenvalue weighted by Gasteiger charge is -2.35. The molecule has 28 heavy (non-hydrogen) atoms. The predicted molar refractivity (Wildman–Crippen MR) is 125 cm³/mol. The van der Waals surface area contributed by atoms with Gasteiger partial charge in [0.1, 0.15) is 5.82 Å². The molecular formula is C20H35FIN5O. The topological polar surface area (TPSA) is 52.1 Å². The summed E-state index contributed by atoms with van der Waals surface area (Å²) in [4.78, 5) is 9.08. The maximum absolute atomic E-state index is 14.6. The van der Waals surface area contributed by atoms with Crippen molar-refractivity contribution in [2.24, 2.45) is 4.99 Å². The lowest BCUT2D eigenvalue weighted by Crippen LogP contribution is -2.46. The van der Waals surface area contributed by atoms with E-state index >= 15 is 0 Å². The highest BCUT2D eigenvalue weighted by molar-refractivity contribution is 14.0. The summed E-state index contributed by atoms with van der Waals surface area (Å²) in [5, 5.41) is 6.47. The first-order valence-corrected chi connectivity index (χ1v) is 9.94. The van der Waals surface area contributed by atoms with Crippen LogP contribution in [-0.2, 0) is 11.3 Å². The van der Waals surface area contributed by atoms with Gasteiger partial charge in [0, 0.05) is 53.0 Å².